The minimum absolute atomic E-state index is 0.554. The Labute approximate surface area is 103 Å². The lowest BCUT2D eigenvalue weighted by atomic mass is 9.98. The number of nitrogens with one attached hydrogen (secondary N) is 1. The highest BCUT2D eigenvalue weighted by Crippen LogP contribution is 2.26. The average molecular weight is 231 g/mol. The second-order valence-electron chi connectivity index (χ2n) is 4.72. The lowest BCUT2D eigenvalue weighted by Gasteiger charge is -2.11. The van der Waals surface area contributed by atoms with Crippen molar-refractivity contribution in [2.75, 3.05) is 0 Å². The quantitative estimate of drug-likeness (QED) is 0.846. The summed E-state index contributed by atoms with van der Waals surface area (Å²) < 4.78 is 0. The second-order valence-corrected chi connectivity index (χ2v) is 4.72. The predicted molar refractivity (Wildman–Crippen MR) is 71.2 cm³/mol. The van der Waals surface area contributed by atoms with Crippen molar-refractivity contribution >= 4 is 11.2 Å². The van der Waals surface area contributed by atoms with E-state index < -0.39 is 0 Å². The van der Waals surface area contributed by atoms with Gasteiger partial charge in [0.2, 0.25) is 0 Å². The van der Waals surface area contributed by atoms with Crippen LogP contribution in [0, 0.1) is 6.92 Å². The number of hydrogen-bond acceptors (Lipinski definition) is 2. The van der Waals surface area contributed by atoms with Gasteiger partial charge in [0.05, 0.1) is 5.52 Å². The van der Waals surface area contributed by atoms with Crippen LogP contribution in [0.1, 0.15) is 56.8 Å². The van der Waals surface area contributed by atoms with Crippen molar-refractivity contribution in [1.82, 2.24) is 15.0 Å². The van der Waals surface area contributed by atoms with Crippen LogP contribution >= 0.6 is 0 Å². The maximum absolute atomic E-state index is 4.64. The number of aryl methyl sites for hydroxylation is 1. The Morgan fingerprint density at radius 1 is 1.24 bits per heavy atom. The van der Waals surface area contributed by atoms with Crippen LogP contribution in [0.25, 0.3) is 11.2 Å². The molecule has 0 atom stereocenters. The molecule has 2 heterocycles. The van der Waals surface area contributed by atoms with E-state index in [9.17, 15) is 0 Å². The molecule has 0 aliphatic rings. The third-order valence-corrected chi connectivity index (χ3v) is 3.28. The summed E-state index contributed by atoms with van der Waals surface area (Å²) in [5, 5.41) is 0. The van der Waals surface area contributed by atoms with Gasteiger partial charge in [-0.1, -0.05) is 26.7 Å². The van der Waals surface area contributed by atoms with E-state index in [4.69, 9.17) is 0 Å². The molecule has 0 aliphatic carbocycles. The van der Waals surface area contributed by atoms with Gasteiger partial charge < -0.3 is 4.98 Å². The number of H-pyrrole nitrogens is 1. The summed E-state index contributed by atoms with van der Waals surface area (Å²) in [5.41, 5.74) is 3.18. The van der Waals surface area contributed by atoms with E-state index >= 15 is 0 Å². The molecule has 0 spiro atoms. The van der Waals surface area contributed by atoms with Gasteiger partial charge in [0.1, 0.15) is 5.82 Å². The van der Waals surface area contributed by atoms with Crippen LogP contribution in [0.2, 0.25) is 0 Å². The first-order valence-corrected chi connectivity index (χ1v) is 6.57. The number of nitrogens with zero attached hydrogens (tertiary/aromatic N) is 2. The van der Waals surface area contributed by atoms with Crippen molar-refractivity contribution in [2.24, 2.45) is 0 Å². The number of fused-ring (bicyclic) bond motifs is 1. The third kappa shape index (κ3) is 2.48. The summed E-state index contributed by atoms with van der Waals surface area (Å²) in [6.45, 7) is 6.56. The largest absolute Gasteiger partial charge is 0.340 e. The highest BCUT2D eigenvalue weighted by molar-refractivity contribution is 5.74. The number of hydrogen-bond donors (Lipinski definition) is 1. The molecule has 0 saturated carbocycles. The maximum Gasteiger partial charge on any atom is 0.177 e. The molecule has 2 aromatic rings. The van der Waals surface area contributed by atoms with Gasteiger partial charge in [0, 0.05) is 12.1 Å². The number of imidazole rings is 1. The molecule has 0 aliphatic heterocycles. The Morgan fingerprint density at radius 2 is 1.94 bits per heavy atom. The van der Waals surface area contributed by atoms with Gasteiger partial charge in [-0.15, -0.1) is 0 Å². The molecule has 0 aromatic carbocycles. The number of pyridine rings is 1. The monoisotopic (exact) mass is 231 g/mol. The van der Waals surface area contributed by atoms with Gasteiger partial charge in [0.15, 0.2) is 5.65 Å². The summed E-state index contributed by atoms with van der Waals surface area (Å²) in [5.74, 6) is 1.67. The van der Waals surface area contributed by atoms with Crippen LogP contribution < -0.4 is 0 Å². The van der Waals surface area contributed by atoms with Crippen LogP contribution in [0.3, 0.4) is 0 Å². The molecule has 0 amide bonds. The number of aromatic amines is 1. The molecule has 2 rings (SSSR count). The molecule has 2 aromatic heterocycles. The topological polar surface area (TPSA) is 41.6 Å². The molecule has 1 N–H and O–H groups in total. The zero-order valence-electron chi connectivity index (χ0n) is 11.0. The van der Waals surface area contributed by atoms with Crippen molar-refractivity contribution in [1.29, 1.82) is 0 Å². The van der Waals surface area contributed by atoms with Crippen molar-refractivity contribution < 1.29 is 0 Å². The first-order chi connectivity index (χ1) is 8.26. The SMILES string of the molecule is CCCC(CCC)c1nc2nccc(C)c2[nH]1. The lowest BCUT2D eigenvalue weighted by Crippen LogP contribution is -2.00. The Bertz CT molecular complexity index is 481. The van der Waals surface area contributed by atoms with Gasteiger partial charge in [-0.05, 0) is 31.4 Å². The Hall–Kier alpha value is -1.38. The van der Waals surface area contributed by atoms with Gasteiger partial charge in [-0.25, -0.2) is 9.97 Å². The summed E-state index contributed by atoms with van der Waals surface area (Å²) in [6, 6.07) is 2.03. The average Bonchev–Trinajstić information content (AvgIpc) is 2.74. The molecule has 3 heteroatoms. The summed E-state index contributed by atoms with van der Waals surface area (Å²) in [6.07, 6.45) is 6.64. The van der Waals surface area contributed by atoms with Gasteiger partial charge >= 0.3 is 0 Å². The fraction of sp³-hybridized carbons (Fsp3) is 0.571. The Morgan fingerprint density at radius 3 is 2.53 bits per heavy atom. The minimum Gasteiger partial charge on any atom is -0.340 e. The summed E-state index contributed by atoms with van der Waals surface area (Å²) in [4.78, 5) is 12.4. The summed E-state index contributed by atoms with van der Waals surface area (Å²) in [7, 11) is 0. The predicted octanol–water partition coefficient (Wildman–Crippen LogP) is 3.95. The van der Waals surface area contributed by atoms with Crippen molar-refractivity contribution in [3.63, 3.8) is 0 Å². The van der Waals surface area contributed by atoms with Gasteiger partial charge in [-0.3, -0.25) is 0 Å². The molecular weight excluding hydrogens is 210 g/mol. The van der Waals surface area contributed by atoms with E-state index in [1.165, 1.54) is 31.2 Å². The molecule has 0 fully saturated rings. The first-order valence-electron chi connectivity index (χ1n) is 6.57. The van der Waals surface area contributed by atoms with E-state index in [0.29, 0.717) is 5.92 Å². The number of aromatic nitrogens is 3. The van der Waals surface area contributed by atoms with Crippen LogP contribution in [-0.4, -0.2) is 15.0 Å². The van der Waals surface area contributed by atoms with E-state index in [0.717, 1.165) is 17.0 Å². The minimum atomic E-state index is 0.554. The van der Waals surface area contributed by atoms with Crippen LogP contribution in [0.4, 0.5) is 0 Å². The molecule has 0 saturated heterocycles. The lowest BCUT2D eigenvalue weighted by molar-refractivity contribution is 0.539. The van der Waals surface area contributed by atoms with Crippen LogP contribution in [0.15, 0.2) is 12.3 Å². The third-order valence-electron chi connectivity index (χ3n) is 3.28. The van der Waals surface area contributed by atoms with Crippen molar-refractivity contribution in [2.45, 2.75) is 52.4 Å². The van der Waals surface area contributed by atoms with Crippen molar-refractivity contribution in [3.05, 3.63) is 23.7 Å². The van der Waals surface area contributed by atoms with Crippen LogP contribution in [0.5, 0.6) is 0 Å². The zero-order chi connectivity index (χ0) is 12.3. The fourth-order valence-electron chi connectivity index (χ4n) is 2.36. The molecule has 0 unspecified atom stereocenters. The smallest absolute Gasteiger partial charge is 0.177 e. The molecule has 17 heavy (non-hydrogen) atoms. The maximum atomic E-state index is 4.64. The van der Waals surface area contributed by atoms with E-state index in [2.05, 4.69) is 35.7 Å². The van der Waals surface area contributed by atoms with Gasteiger partial charge in [-0.2, -0.15) is 0 Å². The Kier molecular flexibility index (Phi) is 3.77. The molecule has 3 nitrogen and oxygen atoms in total. The zero-order valence-corrected chi connectivity index (χ0v) is 11.0. The van der Waals surface area contributed by atoms with Crippen LogP contribution in [-0.2, 0) is 0 Å². The molecule has 0 radical (unpaired) electrons. The Balaban J connectivity index is 2.36. The van der Waals surface area contributed by atoms with E-state index in [-0.39, 0.29) is 0 Å². The molecule has 0 bridgehead atoms. The second kappa shape index (κ2) is 5.30. The first kappa shape index (κ1) is 12.1. The normalized spacial score (nSPS) is 11.5. The summed E-state index contributed by atoms with van der Waals surface area (Å²) >= 11 is 0. The molecular formula is C14H21N3. The molecule has 92 valence electrons. The fourth-order valence-corrected chi connectivity index (χ4v) is 2.36. The van der Waals surface area contributed by atoms with Gasteiger partial charge in [0.25, 0.3) is 0 Å². The number of rotatable bonds is 5. The van der Waals surface area contributed by atoms with E-state index in [1.807, 2.05) is 12.3 Å². The highest BCUT2D eigenvalue weighted by atomic mass is 15.0. The standard InChI is InChI=1S/C14H21N3/c1-4-6-11(7-5-2)13-16-12-10(3)8-9-15-14(12)17-13/h8-9,11H,4-7H2,1-3H3,(H,15,16,17). The highest BCUT2D eigenvalue weighted by Gasteiger charge is 2.15. The van der Waals surface area contributed by atoms with E-state index in [1.54, 1.807) is 0 Å². The van der Waals surface area contributed by atoms with Crippen molar-refractivity contribution in [3.8, 4) is 0 Å².